The Balaban J connectivity index is 1.88. The van der Waals surface area contributed by atoms with Crippen LogP contribution in [0.15, 0.2) is 24.3 Å². The normalized spacial score (nSPS) is 15.7. The number of halogens is 1. The van der Waals surface area contributed by atoms with Crippen molar-refractivity contribution in [2.75, 3.05) is 5.73 Å². The van der Waals surface area contributed by atoms with Gasteiger partial charge in [-0.05, 0) is 24.5 Å². The highest BCUT2D eigenvalue weighted by Crippen LogP contribution is 2.32. The third-order valence-electron chi connectivity index (χ3n) is 3.74. The van der Waals surface area contributed by atoms with Gasteiger partial charge in [0.15, 0.2) is 0 Å². The monoisotopic (exact) mass is 288 g/mol. The average molecular weight is 289 g/mol. The number of rotatable bonds is 3. The molecule has 0 bridgehead atoms. The van der Waals surface area contributed by atoms with Crippen molar-refractivity contribution in [2.45, 2.75) is 38.0 Å². The molecule has 2 aromatic rings. The largest absolute Gasteiger partial charge is 0.368 e. The number of anilines is 1. The minimum atomic E-state index is 0.309. The van der Waals surface area contributed by atoms with Crippen LogP contribution in [0.4, 0.5) is 5.95 Å². The van der Waals surface area contributed by atoms with Crippen LogP contribution < -0.4 is 5.73 Å². The summed E-state index contributed by atoms with van der Waals surface area (Å²) in [5.74, 6) is 2.29. The van der Waals surface area contributed by atoms with Gasteiger partial charge in [-0.25, -0.2) is 4.98 Å². The summed E-state index contributed by atoms with van der Waals surface area (Å²) in [6.45, 7) is 0. The first-order chi connectivity index (χ1) is 9.72. The number of benzene rings is 1. The predicted octanol–water partition coefficient (Wildman–Crippen LogP) is 3.36. The van der Waals surface area contributed by atoms with Crippen LogP contribution in [0.3, 0.4) is 0 Å². The first-order valence-corrected chi connectivity index (χ1v) is 7.34. The molecule has 1 aromatic heterocycles. The number of nitrogens with zero attached hydrogens (tertiary/aromatic N) is 3. The van der Waals surface area contributed by atoms with Crippen LogP contribution in [-0.4, -0.2) is 15.0 Å². The van der Waals surface area contributed by atoms with Gasteiger partial charge in [0.2, 0.25) is 5.95 Å². The van der Waals surface area contributed by atoms with E-state index in [2.05, 4.69) is 15.0 Å². The molecule has 1 aliphatic rings. The highest BCUT2D eigenvalue weighted by atomic mass is 35.5. The maximum Gasteiger partial charge on any atom is 0.223 e. The van der Waals surface area contributed by atoms with E-state index in [0.717, 1.165) is 29.3 Å². The molecule has 0 radical (unpaired) electrons. The Labute approximate surface area is 123 Å². The van der Waals surface area contributed by atoms with Crippen LogP contribution in [0.25, 0.3) is 0 Å². The maximum absolute atomic E-state index is 6.18. The van der Waals surface area contributed by atoms with E-state index in [1.165, 1.54) is 12.8 Å². The highest BCUT2D eigenvalue weighted by molar-refractivity contribution is 6.31. The molecule has 0 saturated heterocycles. The second kappa shape index (κ2) is 5.75. The molecule has 0 aliphatic heterocycles. The lowest BCUT2D eigenvalue weighted by atomic mass is 10.1. The molecule has 0 spiro atoms. The Hall–Kier alpha value is -1.68. The van der Waals surface area contributed by atoms with Crippen LogP contribution >= 0.6 is 11.6 Å². The van der Waals surface area contributed by atoms with Gasteiger partial charge in [-0.2, -0.15) is 9.97 Å². The van der Waals surface area contributed by atoms with Crippen molar-refractivity contribution in [3.8, 4) is 0 Å². The second-order valence-corrected chi connectivity index (χ2v) is 5.62. The molecule has 0 atom stereocenters. The van der Waals surface area contributed by atoms with Gasteiger partial charge >= 0.3 is 0 Å². The second-order valence-electron chi connectivity index (χ2n) is 5.22. The summed E-state index contributed by atoms with van der Waals surface area (Å²) in [4.78, 5) is 13.1. The van der Waals surface area contributed by atoms with Crippen molar-refractivity contribution >= 4 is 17.5 Å². The molecule has 0 unspecified atom stereocenters. The predicted molar refractivity (Wildman–Crippen MR) is 79.7 cm³/mol. The molecule has 1 heterocycles. The quantitative estimate of drug-likeness (QED) is 0.940. The third kappa shape index (κ3) is 2.90. The van der Waals surface area contributed by atoms with Crippen LogP contribution in [0.1, 0.15) is 48.8 Å². The molecule has 1 fully saturated rings. The third-order valence-corrected chi connectivity index (χ3v) is 4.11. The van der Waals surface area contributed by atoms with Crippen molar-refractivity contribution in [3.63, 3.8) is 0 Å². The molecule has 1 aromatic carbocycles. The summed E-state index contributed by atoms with van der Waals surface area (Å²) < 4.78 is 0. The van der Waals surface area contributed by atoms with E-state index in [4.69, 9.17) is 17.3 Å². The van der Waals surface area contributed by atoms with Gasteiger partial charge in [0.1, 0.15) is 11.6 Å². The molecule has 1 aliphatic carbocycles. The zero-order valence-electron chi connectivity index (χ0n) is 11.2. The summed E-state index contributed by atoms with van der Waals surface area (Å²) in [6.07, 6.45) is 5.38. The number of hydrogen-bond acceptors (Lipinski definition) is 4. The fraction of sp³-hybridized carbons (Fsp3) is 0.400. The van der Waals surface area contributed by atoms with E-state index in [1.807, 2.05) is 24.3 Å². The molecular formula is C15H17ClN4. The zero-order chi connectivity index (χ0) is 13.9. The number of nitrogens with two attached hydrogens (primary N) is 1. The van der Waals surface area contributed by atoms with E-state index < -0.39 is 0 Å². The van der Waals surface area contributed by atoms with E-state index in [9.17, 15) is 0 Å². The summed E-state index contributed by atoms with van der Waals surface area (Å²) in [7, 11) is 0. The summed E-state index contributed by atoms with van der Waals surface area (Å²) in [6, 6.07) is 7.73. The van der Waals surface area contributed by atoms with Crippen LogP contribution in [0.5, 0.6) is 0 Å². The molecule has 0 amide bonds. The number of hydrogen-bond donors (Lipinski definition) is 1. The van der Waals surface area contributed by atoms with Crippen LogP contribution in [-0.2, 0) is 6.42 Å². The van der Waals surface area contributed by atoms with Crippen molar-refractivity contribution in [1.82, 2.24) is 15.0 Å². The number of aromatic nitrogens is 3. The van der Waals surface area contributed by atoms with Gasteiger partial charge in [-0.15, -0.1) is 0 Å². The molecule has 5 heteroatoms. The molecule has 20 heavy (non-hydrogen) atoms. The van der Waals surface area contributed by atoms with Gasteiger partial charge in [0.25, 0.3) is 0 Å². The SMILES string of the molecule is Nc1nc(Cc2ccccc2Cl)nc(C2CCCC2)n1. The smallest absolute Gasteiger partial charge is 0.223 e. The fourth-order valence-electron chi connectivity index (χ4n) is 2.71. The lowest BCUT2D eigenvalue weighted by molar-refractivity contribution is 0.654. The van der Waals surface area contributed by atoms with Crippen molar-refractivity contribution in [2.24, 2.45) is 0 Å². The van der Waals surface area contributed by atoms with Gasteiger partial charge < -0.3 is 5.73 Å². The Morgan fingerprint density at radius 1 is 1.10 bits per heavy atom. The lowest BCUT2D eigenvalue weighted by Gasteiger charge is -2.10. The maximum atomic E-state index is 6.18. The van der Waals surface area contributed by atoms with Crippen LogP contribution in [0, 0.1) is 0 Å². The Morgan fingerprint density at radius 3 is 2.60 bits per heavy atom. The van der Waals surface area contributed by atoms with E-state index in [1.54, 1.807) is 0 Å². The van der Waals surface area contributed by atoms with Gasteiger partial charge in [-0.3, -0.25) is 0 Å². The molecule has 1 saturated carbocycles. The number of nitrogen functional groups attached to an aromatic ring is 1. The minimum absolute atomic E-state index is 0.309. The molecule has 4 nitrogen and oxygen atoms in total. The van der Waals surface area contributed by atoms with Gasteiger partial charge in [-0.1, -0.05) is 42.6 Å². The van der Waals surface area contributed by atoms with E-state index in [-0.39, 0.29) is 0 Å². The highest BCUT2D eigenvalue weighted by Gasteiger charge is 2.21. The van der Waals surface area contributed by atoms with E-state index in [0.29, 0.717) is 24.1 Å². The van der Waals surface area contributed by atoms with Gasteiger partial charge in [0.05, 0.1) is 0 Å². The van der Waals surface area contributed by atoms with Crippen molar-refractivity contribution < 1.29 is 0 Å². The fourth-order valence-corrected chi connectivity index (χ4v) is 2.92. The topological polar surface area (TPSA) is 64.7 Å². The average Bonchev–Trinajstić information content (AvgIpc) is 2.95. The van der Waals surface area contributed by atoms with Crippen LogP contribution in [0.2, 0.25) is 5.02 Å². The zero-order valence-corrected chi connectivity index (χ0v) is 12.0. The summed E-state index contributed by atoms with van der Waals surface area (Å²) >= 11 is 6.18. The Bertz CT molecular complexity index is 609. The molecule has 2 N–H and O–H groups in total. The Morgan fingerprint density at radius 2 is 1.85 bits per heavy atom. The van der Waals surface area contributed by atoms with Crippen molar-refractivity contribution in [3.05, 3.63) is 46.5 Å². The standard InChI is InChI=1S/C15H17ClN4/c16-12-8-4-3-7-11(12)9-13-18-14(20-15(17)19-13)10-5-1-2-6-10/h3-4,7-8,10H,1-2,5-6,9H2,(H2,17,18,19,20). The molecule has 3 rings (SSSR count). The summed E-state index contributed by atoms with van der Waals surface area (Å²) in [5.41, 5.74) is 6.83. The molecule has 104 valence electrons. The van der Waals surface area contributed by atoms with Crippen molar-refractivity contribution in [1.29, 1.82) is 0 Å². The molecular weight excluding hydrogens is 272 g/mol. The lowest BCUT2D eigenvalue weighted by Crippen LogP contribution is -2.10. The van der Waals surface area contributed by atoms with Gasteiger partial charge in [0, 0.05) is 17.4 Å². The Kier molecular flexibility index (Phi) is 3.83. The first kappa shape index (κ1) is 13.3. The summed E-state index contributed by atoms with van der Waals surface area (Å²) in [5, 5.41) is 0.730. The first-order valence-electron chi connectivity index (χ1n) is 6.96. The van der Waals surface area contributed by atoms with E-state index >= 15 is 0 Å². The minimum Gasteiger partial charge on any atom is -0.368 e.